The van der Waals surface area contributed by atoms with Crippen molar-refractivity contribution in [3.63, 3.8) is 0 Å². The molecular weight excluding hydrogens is 344 g/mol. The molecule has 0 amide bonds. The van der Waals surface area contributed by atoms with Gasteiger partial charge in [-0.1, -0.05) is 0 Å². The fourth-order valence-electron chi connectivity index (χ4n) is 2.73. The number of ether oxygens (including phenoxy) is 1. The standard InChI is InChI=1S/C15H22N6OS2/c1-11-10-24-15-18-12(2)13(21(11)15)9-17-19-14(23)16-3-4-20-5-7-22-8-6-20/h9-10H,3-8H2,1-2H3,(H2,16,19,23)/p+1/b17-9-. The second kappa shape index (κ2) is 8.02. The van der Waals surface area contributed by atoms with Crippen LogP contribution >= 0.6 is 23.6 Å². The molecule has 0 aromatic carbocycles. The number of thiocarbonyl (C=S) groups is 1. The van der Waals surface area contributed by atoms with E-state index in [9.17, 15) is 0 Å². The number of hydrogen-bond acceptors (Lipinski definition) is 5. The van der Waals surface area contributed by atoms with Crippen molar-refractivity contribution in [3.05, 3.63) is 22.5 Å². The minimum atomic E-state index is 0.541. The van der Waals surface area contributed by atoms with E-state index in [-0.39, 0.29) is 0 Å². The van der Waals surface area contributed by atoms with E-state index in [1.807, 2.05) is 6.92 Å². The van der Waals surface area contributed by atoms with Gasteiger partial charge >= 0.3 is 0 Å². The van der Waals surface area contributed by atoms with E-state index in [1.54, 1.807) is 22.5 Å². The molecule has 130 valence electrons. The molecule has 3 rings (SSSR count). The predicted molar refractivity (Wildman–Crippen MR) is 100 cm³/mol. The highest BCUT2D eigenvalue weighted by atomic mass is 32.1. The van der Waals surface area contributed by atoms with Crippen molar-refractivity contribution in [3.8, 4) is 0 Å². The van der Waals surface area contributed by atoms with Gasteiger partial charge in [-0.2, -0.15) is 5.10 Å². The van der Waals surface area contributed by atoms with Crippen molar-refractivity contribution >= 4 is 39.8 Å². The Hall–Kier alpha value is -1.55. The van der Waals surface area contributed by atoms with Crippen LogP contribution in [0.4, 0.5) is 0 Å². The van der Waals surface area contributed by atoms with Crippen LogP contribution in [0.3, 0.4) is 0 Å². The number of morpholine rings is 1. The minimum Gasteiger partial charge on any atom is -0.370 e. The molecule has 0 saturated carbocycles. The fourth-order valence-corrected chi connectivity index (χ4v) is 3.81. The van der Waals surface area contributed by atoms with Crippen LogP contribution < -0.4 is 15.6 Å². The molecule has 2 aromatic rings. The van der Waals surface area contributed by atoms with Gasteiger partial charge in [0.2, 0.25) is 0 Å². The summed E-state index contributed by atoms with van der Waals surface area (Å²) in [6, 6.07) is 0. The molecule has 0 radical (unpaired) electrons. The van der Waals surface area contributed by atoms with Gasteiger partial charge in [0.05, 0.1) is 43.9 Å². The minimum absolute atomic E-state index is 0.541. The number of nitrogens with zero attached hydrogens (tertiary/aromatic N) is 3. The molecule has 0 bridgehead atoms. The molecule has 1 aliphatic rings. The number of hydrogen-bond donors (Lipinski definition) is 3. The third kappa shape index (κ3) is 4.10. The summed E-state index contributed by atoms with van der Waals surface area (Å²) in [6.45, 7) is 9.75. The number of quaternary nitrogens is 1. The van der Waals surface area contributed by atoms with Gasteiger partial charge in [0.15, 0.2) is 10.1 Å². The van der Waals surface area contributed by atoms with Crippen molar-refractivity contribution in [2.45, 2.75) is 13.8 Å². The van der Waals surface area contributed by atoms with E-state index in [4.69, 9.17) is 17.0 Å². The first-order valence-electron chi connectivity index (χ1n) is 8.06. The highest BCUT2D eigenvalue weighted by Gasteiger charge is 2.13. The number of imidazole rings is 1. The largest absolute Gasteiger partial charge is 0.370 e. The lowest BCUT2D eigenvalue weighted by atomic mass is 10.3. The zero-order valence-corrected chi connectivity index (χ0v) is 15.6. The topological polar surface area (TPSA) is 67.4 Å². The molecule has 1 saturated heterocycles. The van der Waals surface area contributed by atoms with Crippen LogP contribution in [0.25, 0.3) is 4.96 Å². The number of thiazole rings is 1. The summed E-state index contributed by atoms with van der Waals surface area (Å²) >= 11 is 6.90. The van der Waals surface area contributed by atoms with Gasteiger partial charge in [-0.3, -0.25) is 9.83 Å². The molecule has 1 aliphatic heterocycles. The normalized spacial score (nSPS) is 16.1. The summed E-state index contributed by atoms with van der Waals surface area (Å²) in [4.78, 5) is 7.07. The maximum atomic E-state index is 5.35. The van der Waals surface area contributed by atoms with E-state index in [0.29, 0.717) is 5.11 Å². The zero-order chi connectivity index (χ0) is 16.9. The molecule has 0 atom stereocenters. The van der Waals surface area contributed by atoms with Gasteiger partial charge in [-0.05, 0) is 26.1 Å². The lowest BCUT2D eigenvalue weighted by Gasteiger charge is -2.23. The van der Waals surface area contributed by atoms with E-state index >= 15 is 0 Å². The fraction of sp³-hybridized carbons (Fsp3) is 0.533. The third-order valence-electron chi connectivity index (χ3n) is 4.07. The Balaban J connectivity index is 1.47. The smallest absolute Gasteiger partial charge is 0.194 e. The number of rotatable bonds is 5. The lowest BCUT2D eigenvalue weighted by molar-refractivity contribution is -0.906. The summed E-state index contributed by atoms with van der Waals surface area (Å²) in [5, 5.41) is 10.1. The summed E-state index contributed by atoms with van der Waals surface area (Å²) in [5.74, 6) is 0. The van der Waals surface area contributed by atoms with Gasteiger partial charge in [0, 0.05) is 11.1 Å². The first-order valence-corrected chi connectivity index (χ1v) is 9.35. The quantitative estimate of drug-likeness (QED) is 0.386. The Kier molecular flexibility index (Phi) is 5.77. The van der Waals surface area contributed by atoms with Gasteiger partial charge in [0.25, 0.3) is 0 Å². The maximum Gasteiger partial charge on any atom is 0.194 e. The van der Waals surface area contributed by atoms with Crippen LogP contribution in [-0.4, -0.2) is 60.1 Å². The van der Waals surface area contributed by atoms with Crippen LogP contribution in [-0.2, 0) is 4.74 Å². The van der Waals surface area contributed by atoms with Gasteiger partial charge in [0.1, 0.15) is 13.1 Å². The number of hydrazone groups is 1. The first-order chi connectivity index (χ1) is 11.6. The third-order valence-corrected chi connectivity index (χ3v) is 5.25. The number of aryl methyl sites for hydroxylation is 2. The predicted octanol–water partition coefficient (Wildman–Crippen LogP) is -0.274. The first kappa shape index (κ1) is 17.3. The molecule has 0 unspecified atom stereocenters. The Morgan fingerprint density at radius 3 is 3.08 bits per heavy atom. The molecule has 9 heteroatoms. The molecular formula is C15H23N6OS2+. The monoisotopic (exact) mass is 367 g/mol. The number of nitrogens with one attached hydrogen (secondary N) is 3. The van der Waals surface area contributed by atoms with Crippen LogP contribution in [0.5, 0.6) is 0 Å². The van der Waals surface area contributed by atoms with Gasteiger partial charge in [-0.15, -0.1) is 11.3 Å². The van der Waals surface area contributed by atoms with Crippen LogP contribution in [0.15, 0.2) is 10.5 Å². The van der Waals surface area contributed by atoms with E-state index in [1.165, 1.54) is 0 Å². The Bertz CT molecular complexity index is 732. The molecule has 1 fully saturated rings. The summed E-state index contributed by atoms with van der Waals surface area (Å²) in [7, 11) is 0. The van der Waals surface area contributed by atoms with E-state index < -0.39 is 0 Å². The Labute approximate surface area is 150 Å². The van der Waals surface area contributed by atoms with Gasteiger partial charge in [-0.25, -0.2) is 4.98 Å². The highest BCUT2D eigenvalue weighted by molar-refractivity contribution is 7.80. The van der Waals surface area contributed by atoms with Crippen molar-refractivity contribution < 1.29 is 9.64 Å². The van der Waals surface area contributed by atoms with Crippen LogP contribution in [0, 0.1) is 13.8 Å². The lowest BCUT2D eigenvalue weighted by Crippen LogP contribution is -3.14. The van der Waals surface area contributed by atoms with Crippen molar-refractivity contribution in [1.82, 2.24) is 20.1 Å². The van der Waals surface area contributed by atoms with Crippen molar-refractivity contribution in [1.29, 1.82) is 0 Å². The van der Waals surface area contributed by atoms with Crippen LogP contribution in [0.2, 0.25) is 0 Å². The van der Waals surface area contributed by atoms with Crippen molar-refractivity contribution in [2.24, 2.45) is 5.10 Å². The number of fused-ring (bicyclic) bond motifs is 1. The highest BCUT2D eigenvalue weighted by Crippen LogP contribution is 2.18. The SMILES string of the molecule is Cc1nc2scc(C)n2c1/C=N\NC(=S)NCC[NH+]1CCOCC1. The van der Waals surface area contributed by atoms with E-state index in [0.717, 1.165) is 61.4 Å². The van der Waals surface area contributed by atoms with Gasteiger partial charge < -0.3 is 15.0 Å². The molecule has 2 aromatic heterocycles. The molecule has 7 nitrogen and oxygen atoms in total. The maximum absolute atomic E-state index is 5.35. The zero-order valence-electron chi connectivity index (χ0n) is 14.0. The Morgan fingerprint density at radius 1 is 1.50 bits per heavy atom. The van der Waals surface area contributed by atoms with Crippen molar-refractivity contribution in [2.75, 3.05) is 39.4 Å². The second-order valence-corrected chi connectivity index (χ2v) is 7.06. The average Bonchev–Trinajstić information content (AvgIpc) is 3.08. The summed E-state index contributed by atoms with van der Waals surface area (Å²) in [6.07, 6.45) is 1.77. The second-order valence-electron chi connectivity index (χ2n) is 5.82. The molecule has 24 heavy (non-hydrogen) atoms. The number of aromatic nitrogens is 2. The van der Waals surface area contributed by atoms with E-state index in [2.05, 4.69) is 37.5 Å². The summed E-state index contributed by atoms with van der Waals surface area (Å²) < 4.78 is 7.45. The van der Waals surface area contributed by atoms with Crippen LogP contribution in [0.1, 0.15) is 17.1 Å². The molecule has 0 spiro atoms. The molecule has 3 N–H and O–H groups in total. The molecule has 3 heterocycles. The summed E-state index contributed by atoms with van der Waals surface area (Å²) in [5.41, 5.74) is 5.99. The molecule has 0 aliphatic carbocycles. The average molecular weight is 368 g/mol. The Morgan fingerprint density at radius 2 is 2.29 bits per heavy atom.